The lowest BCUT2D eigenvalue weighted by molar-refractivity contribution is -0.140. The molecule has 1 N–H and O–H groups in total. The number of carboxylic acid groups (broad SMARTS) is 1. The van der Waals surface area contributed by atoms with Gasteiger partial charge in [0.15, 0.2) is 0 Å². The van der Waals surface area contributed by atoms with Crippen LogP contribution in [0.2, 0.25) is 0 Å². The molecule has 4 heteroatoms. The summed E-state index contributed by atoms with van der Waals surface area (Å²) in [5, 5.41) is 8.34. The summed E-state index contributed by atoms with van der Waals surface area (Å²) in [4.78, 5) is 20.4. The van der Waals surface area contributed by atoms with Crippen molar-refractivity contribution in [1.82, 2.24) is 0 Å². The van der Waals surface area contributed by atoms with Crippen LogP contribution in [0.5, 0.6) is 0 Å². The number of ether oxygens (including phenoxy) is 1. The van der Waals surface area contributed by atoms with E-state index in [1.807, 2.05) is 0 Å². The highest BCUT2D eigenvalue weighted by Gasteiger charge is 1.98. The number of hydrogen-bond donors (Lipinski definition) is 1. The topological polar surface area (TPSA) is 63.6 Å². The molecule has 0 bridgehead atoms. The minimum Gasteiger partial charge on any atom is -0.478 e. The van der Waals surface area contributed by atoms with Crippen LogP contribution in [-0.2, 0) is 14.3 Å². The first-order chi connectivity index (χ1) is 5.04. The minimum atomic E-state index is -1.00. The van der Waals surface area contributed by atoms with Gasteiger partial charge in [0.25, 0.3) is 0 Å². The number of hydrogen-bond acceptors (Lipinski definition) is 3. The SMILES string of the molecule is CC(=O)OC/C=C(\C)C(=O)O. The molecule has 0 aliphatic carbocycles. The number of aliphatic carboxylic acids is 1. The quantitative estimate of drug-likeness (QED) is 0.482. The fourth-order valence-electron chi connectivity index (χ4n) is 0.371. The molecule has 0 aliphatic heterocycles. The summed E-state index contributed by atoms with van der Waals surface area (Å²) in [6.07, 6.45) is 1.34. The first kappa shape index (κ1) is 9.68. The molecule has 62 valence electrons. The van der Waals surface area contributed by atoms with Crippen LogP contribution in [0, 0.1) is 0 Å². The second-order valence-electron chi connectivity index (χ2n) is 1.99. The molecule has 0 aromatic carbocycles. The van der Waals surface area contributed by atoms with Gasteiger partial charge in [-0.1, -0.05) is 0 Å². The van der Waals surface area contributed by atoms with Crippen LogP contribution in [0.25, 0.3) is 0 Å². The molecule has 0 rings (SSSR count). The molecule has 0 aliphatic rings. The summed E-state index contributed by atoms with van der Waals surface area (Å²) in [7, 11) is 0. The Balaban J connectivity index is 3.74. The fraction of sp³-hybridized carbons (Fsp3) is 0.429. The Morgan fingerprint density at radius 1 is 1.45 bits per heavy atom. The molecule has 0 heterocycles. The number of rotatable bonds is 3. The van der Waals surface area contributed by atoms with E-state index in [1.54, 1.807) is 0 Å². The zero-order chi connectivity index (χ0) is 8.85. The summed E-state index contributed by atoms with van der Waals surface area (Å²) < 4.78 is 4.48. The highest BCUT2D eigenvalue weighted by Crippen LogP contribution is 1.91. The average Bonchev–Trinajstić information content (AvgIpc) is 1.86. The maximum Gasteiger partial charge on any atom is 0.331 e. The third-order valence-corrected chi connectivity index (χ3v) is 1.01. The van der Waals surface area contributed by atoms with Crippen LogP contribution >= 0.6 is 0 Å². The molecule has 0 amide bonds. The smallest absolute Gasteiger partial charge is 0.331 e. The molecule has 0 unspecified atom stereocenters. The van der Waals surface area contributed by atoms with E-state index in [-0.39, 0.29) is 12.2 Å². The van der Waals surface area contributed by atoms with Gasteiger partial charge >= 0.3 is 11.9 Å². The van der Waals surface area contributed by atoms with Crippen LogP contribution in [0.15, 0.2) is 11.6 Å². The van der Waals surface area contributed by atoms with E-state index in [9.17, 15) is 9.59 Å². The van der Waals surface area contributed by atoms with Crippen molar-refractivity contribution in [1.29, 1.82) is 0 Å². The van der Waals surface area contributed by atoms with Crippen LogP contribution in [0.1, 0.15) is 13.8 Å². The van der Waals surface area contributed by atoms with Crippen molar-refractivity contribution in [3.8, 4) is 0 Å². The molecular formula is C7H10O4. The number of carbonyl (C=O) groups is 2. The average molecular weight is 158 g/mol. The summed E-state index contributed by atoms with van der Waals surface area (Å²) in [6, 6.07) is 0. The summed E-state index contributed by atoms with van der Waals surface area (Å²) >= 11 is 0. The predicted octanol–water partition coefficient (Wildman–Crippen LogP) is 0.580. The Labute approximate surface area is 64.5 Å². The first-order valence-electron chi connectivity index (χ1n) is 3.07. The Morgan fingerprint density at radius 2 is 2.00 bits per heavy atom. The van der Waals surface area contributed by atoms with E-state index in [0.717, 1.165) is 0 Å². The van der Waals surface area contributed by atoms with E-state index in [2.05, 4.69) is 4.74 Å². The van der Waals surface area contributed by atoms with Crippen molar-refractivity contribution in [2.75, 3.05) is 6.61 Å². The van der Waals surface area contributed by atoms with Crippen molar-refractivity contribution >= 4 is 11.9 Å². The molecule has 4 nitrogen and oxygen atoms in total. The lowest BCUT2D eigenvalue weighted by atomic mass is 10.3. The van der Waals surface area contributed by atoms with E-state index in [0.29, 0.717) is 0 Å². The molecule has 0 radical (unpaired) electrons. The molecule has 0 saturated carbocycles. The monoisotopic (exact) mass is 158 g/mol. The van der Waals surface area contributed by atoms with Crippen molar-refractivity contribution in [3.63, 3.8) is 0 Å². The molecule has 0 aromatic heterocycles. The molecule has 0 aromatic rings. The van der Waals surface area contributed by atoms with Gasteiger partial charge in [0, 0.05) is 12.5 Å². The van der Waals surface area contributed by atoms with E-state index in [4.69, 9.17) is 5.11 Å². The van der Waals surface area contributed by atoms with Gasteiger partial charge in [-0.2, -0.15) is 0 Å². The van der Waals surface area contributed by atoms with Gasteiger partial charge in [0.1, 0.15) is 6.61 Å². The largest absolute Gasteiger partial charge is 0.478 e. The predicted molar refractivity (Wildman–Crippen MR) is 38.0 cm³/mol. The van der Waals surface area contributed by atoms with Gasteiger partial charge in [0.2, 0.25) is 0 Å². The second kappa shape index (κ2) is 4.49. The van der Waals surface area contributed by atoms with Crippen molar-refractivity contribution in [3.05, 3.63) is 11.6 Å². The zero-order valence-electron chi connectivity index (χ0n) is 6.46. The van der Waals surface area contributed by atoms with Gasteiger partial charge in [0.05, 0.1) is 0 Å². The minimum absolute atomic E-state index is 0.0213. The standard InChI is InChI=1S/C7H10O4/c1-5(7(9)10)3-4-11-6(2)8/h3H,4H2,1-2H3,(H,9,10)/b5-3+. The summed E-state index contributed by atoms with van der Waals surface area (Å²) in [6.45, 7) is 2.73. The number of esters is 1. The maximum atomic E-state index is 10.2. The Morgan fingerprint density at radius 3 is 2.36 bits per heavy atom. The third-order valence-electron chi connectivity index (χ3n) is 1.01. The highest BCUT2D eigenvalue weighted by molar-refractivity contribution is 5.85. The van der Waals surface area contributed by atoms with Crippen LogP contribution in [0.3, 0.4) is 0 Å². The van der Waals surface area contributed by atoms with Gasteiger partial charge in [-0.05, 0) is 13.0 Å². The number of carbonyl (C=O) groups excluding carboxylic acids is 1. The van der Waals surface area contributed by atoms with Gasteiger partial charge < -0.3 is 9.84 Å². The van der Waals surface area contributed by atoms with E-state index < -0.39 is 11.9 Å². The molecule has 0 fully saturated rings. The van der Waals surface area contributed by atoms with Gasteiger partial charge in [-0.3, -0.25) is 4.79 Å². The lowest BCUT2D eigenvalue weighted by Gasteiger charge is -1.95. The van der Waals surface area contributed by atoms with Gasteiger partial charge in [-0.25, -0.2) is 4.79 Å². The highest BCUT2D eigenvalue weighted by atomic mass is 16.5. The Hall–Kier alpha value is -1.32. The number of carboxylic acids is 1. The van der Waals surface area contributed by atoms with Crippen molar-refractivity contribution in [2.45, 2.75) is 13.8 Å². The van der Waals surface area contributed by atoms with Crippen LogP contribution in [-0.4, -0.2) is 23.7 Å². The van der Waals surface area contributed by atoms with E-state index in [1.165, 1.54) is 19.9 Å². The fourth-order valence-corrected chi connectivity index (χ4v) is 0.371. The molecule has 0 spiro atoms. The van der Waals surface area contributed by atoms with Crippen LogP contribution in [0.4, 0.5) is 0 Å². The Bertz CT molecular complexity index is 193. The molecule has 11 heavy (non-hydrogen) atoms. The molecule has 0 atom stereocenters. The van der Waals surface area contributed by atoms with Crippen LogP contribution < -0.4 is 0 Å². The molecule has 0 saturated heterocycles. The Kier molecular flexibility index (Phi) is 3.95. The summed E-state index contributed by atoms with van der Waals surface area (Å²) in [5.41, 5.74) is 0.172. The van der Waals surface area contributed by atoms with Crippen molar-refractivity contribution < 1.29 is 19.4 Å². The van der Waals surface area contributed by atoms with E-state index >= 15 is 0 Å². The lowest BCUT2D eigenvalue weighted by Crippen LogP contribution is -2.01. The molecular weight excluding hydrogens is 148 g/mol. The van der Waals surface area contributed by atoms with Crippen molar-refractivity contribution in [2.24, 2.45) is 0 Å². The maximum absolute atomic E-state index is 10.2. The normalized spacial score (nSPS) is 10.9. The zero-order valence-corrected chi connectivity index (χ0v) is 6.46. The third kappa shape index (κ3) is 5.14. The summed E-state index contributed by atoms with van der Waals surface area (Å²) in [5.74, 6) is -1.42. The first-order valence-corrected chi connectivity index (χ1v) is 3.07. The second-order valence-corrected chi connectivity index (χ2v) is 1.99. The van der Waals surface area contributed by atoms with Gasteiger partial charge in [-0.15, -0.1) is 0 Å².